The standard InChI is InChI=1S/C16H27F3N2O4/c1-10-8-21(14(23)25-15(4,5)6)11(2)7-20(10)13(22)12(3)24-9-16(17,18)19/h10-12H,7-9H2,1-6H3/t10-,11-,12-/m0/s1. The largest absolute Gasteiger partial charge is 0.444 e. The molecule has 0 saturated carbocycles. The molecule has 0 aliphatic carbocycles. The molecule has 0 unspecified atom stereocenters. The van der Waals surface area contributed by atoms with Crippen LogP contribution in [0, 0.1) is 0 Å². The Morgan fingerprint density at radius 3 is 2.04 bits per heavy atom. The second kappa shape index (κ2) is 7.80. The quantitative estimate of drug-likeness (QED) is 0.769. The van der Waals surface area contributed by atoms with Crippen LogP contribution in [-0.2, 0) is 14.3 Å². The van der Waals surface area contributed by atoms with Crippen molar-refractivity contribution in [3.63, 3.8) is 0 Å². The summed E-state index contributed by atoms with van der Waals surface area (Å²) in [4.78, 5) is 27.6. The molecular weight excluding hydrogens is 341 g/mol. The van der Waals surface area contributed by atoms with E-state index >= 15 is 0 Å². The fourth-order valence-electron chi connectivity index (χ4n) is 2.53. The summed E-state index contributed by atoms with van der Waals surface area (Å²) in [5.41, 5.74) is -0.632. The van der Waals surface area contributed by atoms with E-state index in [0.717, 1.165) is 0 Å². The first kappa shape index (κ1) is 21.5. The highest BCUT2D eigenvalue weighted by Crippen LogP contribution is 2.21. The van der Waals surface area contributed by atoms with Crippen LogP contribution in [0.3, 0.4) is 0 Å². The molecule has 0 radical (unpaired) electrons. The summed E-state index contributed by atoms with van der Waals surface area (Å²) in [7, 11) is 0. The number of nitrogens with zero attached hydrogens (tertiary/aromatic N) is 2. The predicted octanol–water partition coefficient (Wildman–Crippen LogP) is 2.81. The van der Waals surface area contributed by atoms with Crippen molar-refractivity contribution in [1.82, 2.24) is 9.80 Å². The van der Waals surface area contributed by atoms with Crippen LogP contribution in [-0.4, -0.2) is 71.5 Å². The number of hydrogen-bond acceptors (Lipinski definition) is 4. The van der Waals surface area contributed by atoms with Crippen molar-refractivity contribution in [2.24, 2.45) is 0 Å². The molecule has 6 nitrogen and oxygen atoms in total. The van der Waals surface area contributed by atoms with Crippen LogP contribution in [0.15, 0.2) is 0 Å². The van der Waals surface area contributed by atoms with E-state index in [2.05, 4.69) is 4.74 Å². The topological polar surface area (TPSA) is 59.1 Å². The van der Waals surface area contributed by atoms with Gasteiger partial charge in [0.1, 0.15) is 18.3 Å². The Hall–Kier alpha value is -1.51. The number of carbonyl (C=O) groups is 2. The number of piperazine rings is 1. The molecule has 3 atom stereocenters. The molecule has 9 heteroatoms. The van der Waals surface area contributed by atoms with Crippen LogP contribution in [0.2, 0.25) is 0 Å². The summed E-state index contributed by atoms with van der Waals surface area (Å²) in [5, 5.41) is 0. The molecule has 0 aromatic rings. The summed E-state index contributed by atoms with van der Waals surface area (Å²) < 4.78 is 46.7. The number of carbonyl (C=O) groups excluding carboxylic acids is 2. The monoisotopic (exact) mass is 368 g/mol. The van der Waals surface area contributed by atoms with Gasteiger partial charge >= 0.3 is 12.3 Å². The van der Waals surface area contributed by atoms with Gasteiger partial charge in [-0.1, -0.05) is 0 Å². The maximum Gasteiger partial charge on any atom is 0.411 e. The zero-order valence-corrected chi connectivity index (χ0v) is 15.5. The minimum atomic E-state index is -4.48. The SMILES string of the molecule is C[C@H](OCC(F)(F)F)C(=O)N1C[C@H](C)N(C(=O)OC(C)(C)C)C[C@@H]1C. The maximum absolute atomic E-state index is 12.4. The Morgan fingerprint density at radius 1 is 1.08 bits per heavy atom. The van der Waals surface area contributed by atoms with Crippen molar-refractivity contribution >= 4 is 12.0 Å². The highest BCUT2D eigenvalue weighted by atomic mass is 19.4. The van der Waals surface area contributed by atoms with Gasteiger partial charge in [0, 0.05) is 25.2 Å². The van der Waals surface area contributed by atoms with Crippen LogP contribution in [0.25, 0.3) is 0 Å². The highest BCUT2D eigenvalue weighted by molar-refractivity contribution is 5.81. The molecule has 1 aliphatic rings. The van der Waals surface area contributed by atoms with Crippen LogP contribution >= 0.6 is 0 Å². The van der Waals surface area contributed by atoms with Gasteiger partial charge in [-0.25, -0.2) is 4.79 Å². The fraction of sp³-hybridized carbons (Fsp3) is 0.875. The van der Waals surface area contributed by atoms with E-state index in [0.29, 0.717) is 0 Å². The number of ether oxygens (including phenoxy) is 2. The maximum atomic E-state index is 12.4. The molecule has 0 bridgehead atoms. The van der Waals surface area contributed by atoms with E-state index in [4.69, 9.17) is 4.74 Å². The van der Waals surface area contributed by atoms with Crippen LogP contribution in [0.5, 0.6) is 0 Å². The number of alkyl halides is 3. The van der Waals surface area contributed by atoms with Gasteiger partial charge in [0.15, 0.2) is 0 Å². The second-order valence-electron chi connectivity index (χ2n) is 7.39. The Morgan fingerprint density at radius 2 is 1.56 bits per heavy atom. The van der Waals surface area contributed by atoms with E-state index in [1.165, 1.54) is 16.7 Å². The van der Waals surface area contributed by atoms with Gasteiger partial charge in [-0.15, -0.1) is 0 Å². The smallest absolute Gasteiger partial charge is 0.411 e. The lowest BCUT2D eigenvalue weighted by Gasteiger charge is -2.44. The van der Waals surface area contributed by atoms with Crippen LogP contribution < -0.4 is 0 Å². The van der Waals surface area contributed by atoms with Gasteiger partial charge in [-0.05, 0) is 41.5 Å². The van der Waals surface area contributed by atoms with Crippen molar-refractivity contribution in [3.8, 4) is 0 Å². The molecule has 0 N–H and O–H groups in total. The minimum Gasteiger partial charge on any atom is -0.444 e. The molecule has 1 heterocycles. The highest BCUT2D eigenvalue weighted by Gasteiger charge is 2.38. The molecular formula is C16H27F3N2O4. The van der Waals surface area contributed by atoms with Gasteiger partial charge in [0.25, 0.3) is 5.91 Å². The Kier molecular flexibility index (Phi) is 6.72. The third-order valence-electron chi connectivity index (χ3n) is 3.74. The molecule has 1 fully saturated rings. The number of hydrogen-bond donors (Lipinski definition) is 0. The molecule has 1 saturated heterocycles. The van der Waals surface area contributed by atoms with Crippen molar-refractivity contribution in [3.05, 3.63) is 0 Å². The van der Waals surface area contributed by atoms with E-state index in [1.807, 2.05) is 0 Å². The fourth-order valence-corrected chi connectivity index (χ4v) is 2.53. The lowest BCUT2D eigenvalue weighted by molar-refractivity contribution is -0.190. The summed E-state index contributed by atoms with van der Waals surface area (Å²) in [6, 6.07) is -0.669. The zero-order chi connectivity index (χ0) is 19.6. The van der Waals surface area contributed by atoms with Gasteiger partial charge in [-0.2, -0.15) is 13.2 Å². The van der Waals surface area contributed by atoms with Gasteiger partial charge in [-0.3, -0.25) is 4.79 Å². The first-order chi connectivity index (χ1) is 11.2. The van der Waals surface area contributed by atoms with Crippen molar-refractivity contribution < 1.29 is 32.2 Å². The van der Waals surface area contributed by atoms with Crippen LogP contribution in [0.4, 0.5) is 18.0 Å². The van der Waals surface area contributed by atoms with Gasteiger partial charge < -0.3 is 19.3 Å². The van der Waals surface area contributed by atoms with Crippen molar-refractivity contribution in [1.29, 1.82) is 0 Å². The summed E-state index contributed by atoms with van der Waals surface area (Å²) in [5.74, 6) is -0.521. The van der Waals surface area contributed by atoms with E-state index in [-0.39, 0.29) is 25.2 Å². The van der Waals surface area contributed by atoms with Gasteiger partial charge in [0.05, 0.1) is 0 Å². The average Bonchev–Trinajstić information content (AvgIpc) is 2.43. The van der Waals surface area contributed by atoms with E-state index in [9.17, 15) is 22.8 Å². The number of halogens is 3. The molecule has 1 aliphatic heterocycles. The number of amides is 2. The first-order valence-corrected chi connectivity index (χ1v) is 8.19. The van der Waals surface area contributed by atoms with Crippen LogP contribution in [0.1, 0.15) is 41.5 Å². The molecule has 0 spiro atoms. The summed E-state index contributed by atoms with van der Waals surface area (Å²) in [6.45, 7) is 9.06. The lowest BCUT2D eigenvalue weighted by Crippen LogP contribution is -2.61. The Bertz CT molecular complexity index is 491. The van der Waals surface area contributed by atoms with Gasteiger partial charge in [0.2, 0.25) is 0 Å². The third kappa shape index (κ3) is 6.72. The minimum absolute atomic E-state index is 0.207. The third-order valence-corrected chi connectivity index (χ3v) is 3.74. The molecule has 146 valence electrons. The molecule has 25 heavy (non-hydrogen) atoms. The lowest BCUT2D eigenvalue weighted by atomic mass is 10.1. The molecule has 2 amide bonds. The Balaban J connectivity index is 2.69. The van der Waals surface area contributed by atoms with E-state index < -0.39 is 36.5 Å². The van der Waals surface area contributed by atoms with E-state index in [1.54, 1.807) is 34.6 Å². The molecule has 0 aromatic carbocycles. The average molecular weight is 368 g/mol. The molecule has 1 rings (SSSR count). The molecule has 0 aromatic heterocycles. The van der Waals surface area contributed by atoms with Crippen molar-refractivity contribution in [2.75, 3.05) is 19.7 Å². The summed E-state index contributed by atoms with van der Waals surface area (Å²) >= 11 is 0. The normalized spacial score (nSPS) is 23.4. The summed E-state index contributed by atoms with van der Waals surface area (Å²) in [6.07, 6.45) is -6.16. The van der Waals surface area contributed by atoms with Crippen molar-refractivity contribution in [2.45, 2.75) is 71.5 Å². The number of rotatable bonds is 3. The first-order valence-electron chi connectivity index (χ1n) is 8.19. The zero-order valence-electron chi connectivity index (χ0n) is 15.5. The Labute approximate surface area is 146 Å². The predicted molar refractivity (Wildman–Crippen MR) is 85.0 cm³/mol. The second-order valence-corrected chi connectivity index (χ2v) is 7.39.